The fraction of sp³-hybridized carbons (Fsp3) is 0.238. The molecule has 0 saturated carbocycles. The lowest BCUT2D eigenvalue weighted by Gasteiger charge is -2.08. The van der Waals surface area contributed by atoms with Crippen LogP contribution in [-0.2, 0) is 13.2 Å². The maximum Gasteiger partial charge on any atom is 0.251 e. The minimum absolute atomic E-state index is 0.157. The number of ether oxygens (including phenoxy) is 3. The molecule has 1 amide bonds. The summed E-state index contributed by atoms with van der Waals surface area (Å²) in [6, 6.07) is 12.6. The van der Waals surface area contributed by atoms with E-state index in [-0.39, 0.29) is 12.7 Å². The summed E-state index contributed by atoms with van der Waals surface area (Å²) in [5, 5.41) is 6.81. The molecular formula is C21H20N2O5. The van der Waals surface area contributed by atoms with E-state index in [1.165, 1.54) is 0 Å². The first-order valence-electron chi connectivity index (χ1n) is 8.91. The largest absolute Gasteiger partial charge is 0.489 e. The van der Waals surface area contributed by atoms with Gasteiger partial charge in [-0.25, -0.2) is 0 Å². The molecule has 0 atom stereocenters. The Morgan fingerprint density at radius 2 is 1.89 bits per heavy atom. The third-order valence-electron chi connectivity index (χ3n) is 4.57. The fourth-order valence-corrected chi connectivity index (χ4v) is 2.90. The van der Waals surface area contributed by atoms with E-state index in [0.29, 0.717) is 30.2 Å². The van der Waals surface area contributed by atoms with Crippen LogP contribution in [0.4, 0.5) is 0 Å². The number of nitrogens with one attached hydrogen (secondary N) is 1. The van der Waals surface area contributed by atoms with Gasteiger partial charge in [0, 0.05) is 12.1 Å². The summed E-state index contributed by atoms with van der Waals surface area (Å²) >= 11 is 0. The molecule has 1 N–H and O–H groups in total. The Labute approximate surface area is 162 Å². The summed E-state index contributed by atoms with van der Waals surface area (Å²) < 4.78 is 21.5. The standard InChI is InChI=1S/C21H20N2O5/c1-13-18(14(2)28-23-13)11-25-17-6-4-16(5-7-17)21(24)22-10-15-3-8-19-20(9-15)27-12-26-19/h3-9H,10-12H2,1-2H3,(H,22,24). The molecule has 28 heavy (non-hydrogen) atoms. The summed E-state index contributed by atoms with van der Waals surface area (Å²) in [6.07, 6.45) is 0. The Morgan fingerprint density at radius 3 is 2.64 bits per heavy atom. The van der Waals surface area contributed by atoms with E-state index in [1.807, 2.05) is 32.0 Å². The number of carbonyl (C=O) groups is 1. The summed E-state index contributed by atoms with van der Waals surface area (Å²) in [6.45, 7) is 4.74. The van der Waals surface area contributed by atoms with Gasteiger partial charge in [-0.15, -0.1) is 0 Å². The van der Waals surface area contributed by atoms with E-state index in [0.717, 1.165) is 28.3 Å². The highest BCUT2D eigenvalue weighted by atomic mass is 16.7. The first-order valence-corrected chi connectivity index (χ1v) is 8.91. The van der Waals surface area contributed by atoms with Crippen molar-refractivity contribution >= 4 is 5.91 Å². The molecule has 144 valence electrons. The topological polar surface area (TPSA) is 82.8 Å². The molecule has 7 nitrogen and oxygen atoms in total. The van der Waals surface area contributed by atoms with Crippen LogP contribution in [0.3, 0.4) is 0 Å². The number of rotatable bonds is 6. The summed E-state index contributed by atoms with van der Waals surface area (Å²) in [5.41, 5.74) is 3.25. The zero-order valence-electron chi connectivity index (χ0n) is 15.7. The number of fused-ring (bicyclic) bond motifs is 1. The number of hydrogen-bond donors (Lipinski definition) is 1. The van der Waals surface area contributed by atoms with Crippen LogP contribution in [-0.4, -0.2) is 17.9 Å². The average molecular weight is 380 g/mol. The van der Waals surface area contributed by atoms with Crippen LogP contribution in [0, 0.1) is 13.8 Å². The van der Waals surface area contributed by atoms with Gasteiger partial charge < -0.3 is 24.1 Å². The van der Waals surface area contributed by atoms with Gasteiger partial charge in [0.05, 0.1) is 11.3 Å². The van der Waals surface area contributed by atoms with E-state index < -0.39 is 0 Å². The highest BCUT2D eigenvalue weighted by Gasteiger charge is 2.14. The van der Waals surface area contributed by atoms with Gasteiger partial charge in [-0.05, 0) is 55.8 Å². The van der Waals surface area contributed by atoms with Crippen molar-refractivity contribution in [1.82, 2.24) is 10.5 Å². The molecule has 4 rings (SSSR count). The predicted octanol–water partition coefficient (Wildman–Crippen LogP) is 3.53. The van der Waals surface area contributed by atoms with E-state index in [1.54, 1.807) is 24.3 Å². The van der Waals surface area contributed by atoms with Crippen molar-refractivity contribution < 1.29 is 23.5 Å². The van der Waals surface area contributed by atoms with Crippen LogP contribution in [0.1, 0.15) is 32.9 Å². The van der Waals surface area contributed by atoms with Crippen molar-refractivity contribution in [2.75, 3.05) is 6.79 Å². The number of hydrogen-bond acceptors (Lipinski definition) is 6. The van der Waals surface area contributed by atoms with E-state index in [2.05, 4.69) is 10.5 Å². The van der Waals surface area contributed by atoms with Crippen molar-refractivity contribution in [1.29, 1.82) is 0 Å². The van der Waals surface area contributed by atoms with Gasteiger partial charge >= 0.3 is 0 Å². The fourth-order valence-electron chi connectivity index (χ4n) is 2.90. The minimum Gasteiger partial charge on any atom is -0.489 e. The molecule has 0 aliphatic carbocycles. The third-order valence-corrected chi connectivity index (χ3v) is 4.57. The van der Waals surface area contributed by atoms with Gasteiger partial charge in [-0.3, -0.25) is 4.79 Å². The third kappa shape index (κ3) is 3.78. The molecule has 1 aromatic heterocycles. The first-order chi connectivity index (χ1) is 13.6. The van der Waals surface area contributed by atoms with Crippen molar-refractivity contribution in [3.8, 4) is 17.2 Å². The Morgan fingerprint density at radius 1 is 1.11 bits per heavy atom. The SMILES string of the molecule is Cc1noc(C)c1COc1ccc(C(=O)NCc2ccc3c(c2)OCO3)cc1. The Balaban J connectivity index is 1.32. The van der Waals surface area contributed by atoms with Crippen LogP contribution < -0.4 is 19.5 Å². The minimum atomic E-state index is -0.157. The zero-order chi connectivity index (χ0) is 19.5. The van der Waals surface area contributed by atoms with Gasteiger partial charge in [0.2, 0.25) is 6.79 Å². The lowest BCUT2D eigenvalue weighted by atomic mass is 10.1. The van der Waals surface area contributed by atoms with Crippen LogP contribution >= 0.6 is 0 Å². The molecule has 0 fully saturated rings. The van der Waals surface area contributed by atoms with E-state index >= 15 is 0 Å². The van der Waals surface area contributed by atoms with Gasteiger partial charge in [-0.1, -0.05) is 11.2 Å². The second-order valence-electron chi connectivity index (χ2n) is 6.49. The Bertz CT molecular complexity index is 975. The normalized spacial score (nSPS) is 12.1. The van der Waals surface area contributed by atoms with Crippen LogP contribution in [0.25, 0.3) is 0 Å². The molecule has 0 bridgehead atoms. The van der Waals surface area contributed by atoms with Crippen LogP contribution in [0.15, 0.2) is 47.0 Å². The van der Waals surface area contributed by atoms with E-state index in [4.69, 9.17) is 18.7 Å². The van der Waals surface area contributed by atoms with Gasteiger partial charge in [0.1, 0.15) is 18.1 Å². The van der Waals surface area contributed by atoms with E-state index in [9.17, 15) is 4.79 Å². The van der Waals surface area contributed by atoms with Gasteiger partial charge in [-0.2, -0.15) is 0 Å². The molecular weight excluding hydrogens is 360 g/mol. The molecule has 7 heteroatoms. The lowest BCUT2D eigenvalue weighted by molar-refractivity contribution is 0.0950. The highest BCUT2D eigenvalue weighted by molar-refractivity contribution is 5.94. The smallest absolute Gasteiger partial charge is 0.251 e. The summed E-state index contributed by atoms with van der Waals surface area (Å²) in [4.78, 5) is 12.4. The number of aryl methyl sites for hydroxylation is 2. The van der Waals surface area contributed by atoms with Crippen LogP contribution in [0.5, 0.6) is 17.2 Å². The second-order valence-corrected chi connectivity index (χ2v) is 6.49. The maximum absolute atomic E-state index is 12.4. The van der Waals surface area contributed by atoms with Crippen molar-refractivity contribution in [3.05, 3.63) is 70.6 Å². The first kappa shape index (κ1) is 17.9. The van der Waals surface area contributed by atoms with Crippen molar-refractivity contribution in [3.63, 3.8) is 0 Å². The second kappa shape index (κ2) is 7.64. The zero-order valence-corrected chi connectivity index (χ0v) is 15.7. The summed E-state index contributed by atoms with van der Waals surface area (Å²) in [5.74, 6) is 2.69. The summed E-state index contributed by atoms with van der Waals surface area (Å²) in [7, 11) is 0. The molecule has 0 spiro atoms. The number of benzene rings is 2. The number of aromatic nitrogens is 1. The Kier molecular flexibility index (Phi) is 4.89. The monoisotopic (exact) mass is 380 g/mol. The maximum atomic E-state index is 12.4. The molecule has 0 saturated heterocycles. The van der Waals surface area contributed by atoms with Gasteiger partial charge in [0.25, 0.3) is 5.91 Å². The molecule has 2 heterocycles. The van der Waals surface area contributed by atoms with Gasteiger partial charge in [0.15, 0.2) is 11.5 Å². The number of carbonyl (C=O) groups excluding carboxylic acids is 1. The molecule has 0 unspecified atom stereocenters. The van der Waals surface area contributed by atoms with Crippen LogP contribution in [0.2, 0.25) is 0 Å². The molecule has 1 aliphatic heterocycles. The average Bonchev–Trinajstić information content (AvgIpc) is 3.31. The predicted molar refractivity (Wildman–Crippen MR) is 100 cm³/mol. The Hall–Kier alpha value is -3.48. The lowest BCUT2D eigenvalue weighted by Crippen LogP contribution is -2.22. The van der Waals surface area contributed by atoms with Crippen molar-refractivity contribution in [2.45, 2.75) is 27.0 Å². The molecule has 2 aromatic carbocycles. The highest BCUT2D eigenvalue weighted by Crippen LogP contribution is 2.32. The number of nitrogens with zero attached hydrogens (tertiary/aromatic N) is 1. The molecule has 1 aliphatic rings. The quantitative estimate of drug-likeness (QED) is 0.704. The number of amides is 1. The molecule has 3 aromatic rings. The van der Waals surface area contributed by atoms with Crippen molar-refractivity contribution in [2.24, 2.45) is 0 Å². The molecule has 0 radical (unpaired) electrons.